The van der Waals surface area contributed by atoms with Gasteiger partial charge in [0.2, 0.25) is 0 Å². The molecule has 1 fully saturated rings. The number of nitrogens with two attached hydrogens (primary N) is 1. The second kappa shape index (κ2) is 8.64. The molecular weight excluding hydrogens is 412 g/mol. The molecule has 0 aliphatic carbocycles. The minimum Gasteiger partial charge on any atom is -0.364 e. The fourth-order valence-electron chi connectivity index (χ4n) is 5.22. The summed E-state index contributed by atoms with van der Waals surface area (Å²) in [5.41, 5.74) is 10.5. The van der Waals surface area contributed by atoms with Crippen LogP contribution in [0.1, 0.15) is 25.1 Å². The lowest BCUT2D eigenvalue weighted by Gasteiger charge is -2.37. The molecule has 0 bridgehead atoms. The smallest absolute Gasteiger partial charge is 0.319 e. The van der Waals surface area contributed by atoms with Crippen LogP contribution in [0.2, 0.25) is 0 Å². The molecule has 0 spiro atoms. The third-order valence-corrected chi connectivity index (χ3v) is 6.73. The Kier molecular flexibility index (Phi) is 5.52. The third kappa shape index (κ3) is 3.72. The van der Waals surface area contributed by atoms with Gasteiger partial charge in [0.1, 0.15) is 11.5 Å². The van der Waals surface area contributed by atoms with Crippen LogP contribution in [-0.4, -0.2) is 34.4 Å². The van der Waals surface area contributed by atoms with Crippen molar-refractivity contribution >= 4 is 28.5 Å². The lowest BCUT2D eigenvalue weighted by atomic mass is 9.99. The minimum atomic E-state index is -0.571. The zero-order valence-corrected chi connectivity index (χ0v) is 18.4. The van der Waals surface area contributed by atoms with Gasteiger partial charge in [0, 0.05) is 30.9 Å². The average Bonchev–Trinajstić information content (AvgIpc) is 3.48. The Labute approximate surface area is 192 Å². The van der Waals surface area contributed by atoms with Gasteiger partial charge in [-0.2, -0.15) is 0 Å². The van der Waals surface area contributed by atoms with Crippen LogP contribution in [-0.2, 0) is 16.0 Å². The van der Waals surface area contributed by atoms with Crippen molar-refractivity contribution in [2.75, 3.05) is 6.54 Å². The molecule has 6 heteroatoms. The van der Waals surface area contributed by atoms with E-state index >= 15 is 0 Å². The van der Waals surface area contributed by atoms with Crippen molar-refractivity contribution in [3.63, 3.8) is 0 Å². The molecule has 2 heterocycles. The van der Waals surface area contributed by atoms with Gasteiger partial charge in [0.25, 0.3) is 5.91 Å². The average molecular weight is 440 g/mol. The van der Waals surface area contributed by atoms with Gasteiger partial charge in [-0.15, -0.1) is 0 Å². The number of rotatable bonds is 6. The van der Waals surface area contributed by atoms with Crippen LogP contribution in [0.5, 0.6) is 0 Å². The van der Waals surface area contributed by atoms with E-state index in [9.17, 15) is 9.59 Å². The van der Waals surface area contributed by atoms with E-state index in [1.165, 1.54) is 0 Å². The van der Waals surface area contributed by atoms with E-state index in [-0.39, 0.29) is 16.8 Å². The quantitative estimate of drug-likeness (QED) is 0.438. The number of carbonyl (C=O) groups excluding carboxylic acids is 2. The first-order chi connectivity index (χ1) is 16.1. The summed E-state index contributed by atoms with van der Waals surface area (Å²) in [4.78, 5) is 34.5. The van der Waals surface area contributed by atoms with Crippen molar-refractivity contribution < 1.29 is 9.59 Å². The number of aryl methyl sites for hydroxylation is 1. The SMILES string of the molecule is NC(=O)[C@@H]1CCC[N+]1(C(=O)CCc1nc2ccccc2[nH]1)c1ccccc1-c1ccccc1. The summed E-state index contributed by atoms with van der Waals surface area (Å²) in [6.07, 6.45) is 2.13. The number of hydrogen-bond acceptors (Lipinski definition) is 3. The molecule has 166 valence electrons. The van der Waals surface area contributed by atoms with Gasteiger partial charge >= 0.3 is 5.91 Å². The van der Waals surface area contributed by atoms with E-state index in [0.29, 0.717) is 19.4 Å². The van der Waals surface area contributed by atoms with E-state index < -0.39 is 11.9 Å². The van der Waals surface area contributed by atoms with Crippen LogP contribution < -0.4 is 10.2 Å². The van der Waals surface area contributed by atoms with Crippen LogP contribution in [0.15, 0.2) is 78.9 Å². The zero-order chi connectivity index (χ0) is 22.8. The molecule has 5 rings (SSSR count). The number of aromatic nitrogens is 2. The highest BCUT2D eigenvalue weighted by atomic mass is 16.2. The number of H-pyrrole nitrogens is 1. The monoisotopic (exact) mass is 439 g/mol. The largest absolute Gasteiger partial charge is 0.364 e. The maximum Gasteiger partial charge on any atom is 0.319 e. The van der Waals surface area contributed by atoms with Crippen LogP contribution in [0, 0.1) is 0 Å². The van der Waals surface area contributed by atoms with Gasteiger partial charge in [-0.1, -0.05) is 54.6 Å². The standard InChI is InChI=1S/C27H26N4O2/c28-27(33)24-15-8-18-31(24,23-14-7-4-11-20(23)19-9-2-1-3-10-19)26(32)17-16-25-29-21-12-5-6-13-22(21)30-25/h1-7,9-14,24H,8,15-18H2,(H2-,28,29,30,33)/p+1/t24-,31?/m0/s1. The zero-order valence-electron chi connectivity index (χ0n) is 18.4. The maximum atomic E-state index is 14.0. The lowest BCUT2D eigenvalue weighted by Crippen LogP contribution is -2.62. The third-order valence-electron chi connectivity index (χ3n) is 6.73. The molecular formula is C27H27N4O2+. The number of nitrogens with one attached hydrogen (secondary N) is 1. The van der Waals surface area contributed by atoms with Gasteiger partial charge in [-0.3, -0.25) is 4.79 Å². The highest BCUT2D eigenvalue weighted by molar-refractivity contribution is 5.99. The molecule has 33 heavy (non-hydrogen) atoms. The Morgan fingerprint density at radius 1 is 0.970 bits per heavy atom. The fourth-order valence-corrected chi connectivity index (χ4v) is 5.22. The summed E-state index contributed by atoms with van der Waals surface area (Å²) >= 11 is 0. The molecule has 0 saturated carbocycles. The van der Waals surface area contributed by atoms with Gasteiger partial charge in [-0.25, -0.2) is 14.3 Å². The minimum absolute atomic E-state index is 0.000127. The number of amides is 2. The van der Waals surface area contributed by atoms with E-state index in [0.717, 1.165) is 40.1 Å². The van der Waals surface area contributed by atoms with Crippen LogP contribution in [0.3, 0.4) is 0 Å². The van der Waals surface area contributed by atoms with Crippen molar-refractivity contribution in [2.45, 2.75) is 31.7 Å². The molecule has 0 radical (unpaired) electrons. The number of imidazole rings is 1. The van der Waals surface area contributed by atoms with Gasteiger partial charge < -0.3 is 10.7 Å². The summed E-state index contributed by atoms with van der Waals surface area (Å²) in [6.45, 7) is 0.566. The van der Waals surface area contributed by atoms with Crippen LogP contribution in [0.4, 0.5) is 5.69 Å². The molecule has 3 aromatic carbocycles. The lowest BCUT2D eigenvalue weighted by molar-refractivity contribution is -0.136. The Hall–Kier alpha value is -3.77. The van der Waals surface area contributed by atoms with Crippen molar-refractivity contribution in [1.29, 1.82) is 0 Å². The maximum absolute atomic E-state index is 14.0. The molecule has 6 nitrogen and oxygen atoms in total. The number of likely N-dealkylation sites (tertiary alicyclic amines) is 1. The highest BCUT2D eigenvalue weighted by Gasteiger charge is 2.53. The predicted molar refractivity (Wildman–Crippen MR) is 130 cm³/mol. The number of fused-ring (bicyclic) bond motifs is 1. The van der Waals surface area contributed by atoms with Crippen LogP contribution >= 0.6 is 0 Å². The molecule has 1 aliphatic heterocycles. The Balaban J connectivity index is 1.54. The van der Waals surface area contributed by atoms with E-state index in [4.69, 9.17) is 5.73 Å². The number of aromatic amines is 1. The van der Waals surface area contributed by atoms with Crippen molar-refractivity contribution in [1.82, 2.24) is 14.5 Å². The summed E-state index contributed by atoms with van der Waals surface area (Å²) in [7, 11) is 0. The highest BCUT2D eigenvalue weighted by Crippen LogP contribution is 2.42. The number of primary amides is 1. The second-order valence-corrected chi connectivity index (χ2v) is 8.63. The van der Waals surface area contributed by atoms with Gasteiger partial charge in [-0.05, 0) is 23.8 Å². The van der Waals surface area contributed by atoms with Crippen molar-refractivity contribution in [3.8, 4) is 11.1 Å². The summed E-state index contributed by atoms with van der Waals surface area (Å²) in [6, 6.07) is 25.1. The molecule has 1 saturated heterocycles. The Morgan fingerprint density at radius 3 is 2.48 bits per heavy atom. The molecule has 1 aromatic heterocycles. The Bertz CT molecular complexity index is 1280. The molecule has 2 atom stereocenters. The second-order valence-electron chi connectivity index (χ2n) is 8.63. The first-order valence-electron chi connectivity index (χ1n) is 11.4. The van der Waals surface area contributed by atoms with E-state index in [2.05, 4.69) is 9.97 Å². The summed E-state index contributed by atoms with van der Waals surface area (Å²) in [5, 5.41) is 0. The number of carbonyl (C=O) groups is 2. The van der Waals surface area contributed by atoms with Crippen molar-refractivity contribution in [2.24, 2.45) is 5.73 Å². The molecule has 3 N–H and O–H groups in total. The first-order valence-corrected chi connectivity index (χ1v) is 11.4. The normalized spacial score (nSPS) is 20.2. The van der Waals surface area contributed by atoms with Crippen molar-refractivity contribution in [3.05, 3.63) is 84.7 Å². The molecule has 2 amide bonds. The first kappa shape index (κ1) is 21.1. The number of quaternary nitrogens is 1. The Morgan fingerprint density at radius 2 is 1.70 bits per heavy atom. The number of benzene rings is 3. The van der Waals surface area contributed by atoms with Gasteiger partial charge in [0.05, 0.1) is 24.0 Å². The number of hydrogen-bond donors (Lipinski definition) is 2. The van der Waals surface area contributed by atoms with Gasteiger partial charge in [0.15, 0.2) is 6.04 Å². The summed E-state index contributed by atoms with van der Waals surface area (Å²) in [5.74, 6) is 0.349. The topological polar surface area (TPSA) is 88.8 Å². The fraction of sp³-hybridized carbons (Fsp3) is 0.222. The van der Waals surface area contributed by atoms with Crippen LogP contribution in [0.25, 0.3) is 22.2 Å². The predicted octanol–water partition coefficient (Wildman–Crippen LogP) is 4.34. The van der Waals surface area contributed by atoms with E-state index in [1.807, 2.05) is 78.9 Å². The summed E-state index contributed by atoms with van der Waals surface area (Å²) < 4.78 is -0.0272. The number of nitrogens with zero attached hydrogens (tertiary/aromatic N) is 2. The molecule has 1 aliphatic rings. The molecule has 4 aromatic rings. The number of para-hydroxylation sites is 3. The van der Waals surface area contributed by atoms with E-state index in [1.54, 1.807) is 0 Å². The molecule has 1 unspecified atom stereocenters.